The molecule has 5 heteroatoms. The lowest BCUT2D eigenvalue weighted by atomic mass is 10.1. The molecule has 90 valence electrons. The minimum atomic E-state index is -3.56. The van der Waals surface area contributed by atoms with Crippen LogP contribution in [-0.2, 0) is 14.9 Å². The van der Waals surface area contributed by atoms with E-state index in [9.17, 15) is 8.42 Å². The molecule has 0 aromatic heterocycles. The average Bonchev–Trinajstić information content (AvgIpc) is 2.14. The second kappa shape index (κ2) is 4.53. The molecular weight excluding hydrogens is 226 g/mol. The van der Waals surface area contributed by atoms with Crippen LogP contribution in [-0.4, -0.2) is 27.0 Å². The Bertz CT molecular complexity index is 471. The number of sulfonamides is 1. The topological polar surface area (TPSA) is 46.6 Å². The summed E-state index contributed by atoms with van der Waals surface area (Å²) in [5.41, 5.74) is 2.52. The summed E-state index contributed by atoms with van der Waals surface area (Å²) < 4.78 is 25.1. The molecule has 1 aromatic carbocycles. The van der Waals surface area contributed by atoms with Gasteiger partial charge in [0.25, 0.3) is 10.0 Å². The van der Waals surface area contributed by atoms with Gasteiger partial charge in [-0.05, 0) is 31.9 Å². The highest BCUT2D eigenvalue weighted by Crippen LogP contribution is 2.24. The second-order valence-corrected chi connectivity index (χ2v) is 5.70. The van der Waals surface area contributed by atoms with Crippen LogP contribution in [0.1, 0.15) is 16.7 Å². The van der Waals surface area contributed by atoms with Gasteiger partial charge in [0.05, 0.1) is 12.0 Å². The third-order valence-electron chi connectivity index (χ3n) is 2.46. The van der Waals surface area contributed by atoms with Crippen molar-refractivity contribution in [3.05, 3.63) is 28.8 Å². The smallest absolute Gasteiger partial charge is 0.265 e. The molecule has 16 heavy (non-hydrogen) atoms. The highest BCUT2D eigenvalue weighted by atomic mass is 32.2. The first kappa shape index (κ1) is 13.2. The van der Waals surface area contributed by atoms with E-state index >= 15 is 0 Å². The van der Waals surface area contributed by atoms with E-state index in [1.54, 1.807) is 13.8 Å². The van der Waals surface area contributed by atoms with Crippen LogP contribution in [0.5, 0.6) is 0 Å². The minimum Gasteiger partial charge on any atom is -0.288 e. The van der Waals surface area contributed by atoms with Crippen LogP contribution in [0.4, 0.5) is 0 Å². The van der Waals surface area contributed by atoms with Crippen LogP contribution in [0.2, 0.25) is 0 Å². The van der Waals surface area contributed by atoms with Crippen molar-refractivity contribution in [2.24, 2.45) is 0 Å². The molecule has 1 rings (SSSR count). The quantitative estimate of drug-likeness (QED) is 0.760. The first-order valence-electron chi connectivity index (χ1n) is 4.91. The second-order valence-electron chi connectivity index (χ2n) is 3.83. The zero-order valence-corrected chi connectivity index (χ0v) is 11.1. The van der Waals surface area contributed by atoms with E-state index in [2.05, 4.69) is 0 Å². The minimum absolute atomic E-state index is 0.322. The normalized spacial score (nSPS) is 12.1. The van der Waals surface area contributed by atoms with Gasteiger partial charge in [0.15, 0.2) is 0 Å². The Morgan fingerprint density at radius 1 is 1.12 bits per heavy atom. The molecule has 0 saturated carbocycles. The summed E-state index contributed by atoms with van der Waals surface area (Å²) in [4.78, 5) is 5.08. The lowest BCUT2D eigenvalue weighted by molar-refractivity contribution is -0.0259. The van der Waals surface area contributed by atoms with Gasteiger partial charge in [-0.3, -0.25) is 4.84 Å². The maximum atomic E-state index is 12.1. The monoisotopic (exact) mass is 243 g/mol. The molecule has 0 aliphatic carbocycles. The molecule has 0 bridgehead atoms. The maximum absolute atomic E-state index is 12.1. The number of nitrogens with zero attached hydrogens (tertiary/aromatic N) is 1. The van der Waals surface area contributed by atoms with Gasteiger partial charge in [-0.2, -0.15) is 0 Å². The summed E-state index contributed by atoms with van der Waals surface area (Å²) in [5.74, 6) is 0. The Morgan fingerprint density at radius 3 is 1.94 bits per heavy atom. The molecule has 0 fully saturated rings. The van der Waals surface area contributed by atoms with E-state index in [0.717, 1.165) is 21.2 Å². The fourth-order valence-corrected chi connectivity index (χ4v) is 3.19. The first-order valence-corrected chi connectivity index (χ1v) is 6.35. The lowest BCUT2D eigenvalue weighted by Gasteiger charge is -2.18. The van der Waals surface area contributed by atoms with E-state index in [-0.39, 0.29) is 0 Å². The van der Waals surface area contributed by atoms with Crippen LogP contribution in [0, 0.1) is 20.8 Å². The van der Waals surface area contributed by atoms with Crippen LogP contribution in [0.15, 0.2) is 17.0 Å². The molecule has 4 nitrogen and oxygen atoms in total. The predicted molar refractivity (Wildman–Crippen MR) is 62.6 cm³/mol. The lowest BCUT2D eigenvalue weighted by Crippen LogP contribution is -2.27. The number of rotatable bonds is 3. The van der Waals surface area contributed by atoms with Gasteiger partial charge >= 0.3 is 0 Å². The highest BCUT2D eigenvalue weighted by molar-refractivity contribution is 7.89. The number of benzene rings is 1. The van der Waals surface area contributed by atoms with Crippen molar-refractivity contribution < 1.29 is 13.3 Å². The molecule has 0 spiro atoms. The number of hydrogen-bond donors (Lipinski definition) is 0. The maximum Gasteiger partial charge on any atom is 0.265 e. The third-order valence-corrected chi connectivity index (χ3v) is 4.44. The van der Waals surface area contributed by atoms with Crippen molar-refractivity contribution in [3.63, 3.8) is 0 Å². The van der Waals surface area contributed by atoms with Crippen molar-refractivity contribution in [2.45, 2.75) is 25.7 Å². The van der Waals surface area contributed by atoms with Gasteiger partial charge in [-0.1, -0.05) is 22.2 Å². The Balaban J connectivity index is 3.45. The Hall–Kier alpha value is -0.910. The first-order chi connectivity index (χ1) is 7.30. The van der Waals surface area contributed by atoms with E-state index in [1.165, 1.54) is 14.2 Å². The van der Waals surface area contributed by atoms with Crippen LogP contribution >= 0.6 is 0 Å². The van der Waals surface area contributed by atoms with E-state index in [4.69, 9.17) is 4.84 Å². The van der Waals surface area contributed by atoms with Crippen molar-refractivity contribution in [1.82, 2.24) is 4.47 Å². The third kappa shape index (κ3) is 2.26. The Kier molecular flexibility index (Phi) is 3.72. The zero-order valence-electron chi connectivity index (χ0n) is 10.2. The van der Waals surface area contributed by atoms with Gasteiger partial charge in [0.2, 0.25) is 0 Å². The summed E-state index contributed by atoms with van der Waals surface area (Å²) >= 11 is 0. The molecule has 0 amide bonds. The van der Waals surface area contributed by atoms with Crippen LogP contribution in [0.3, 0.4) is 0 Å². The molecule has 0 saturated heterocycles. The summed E-state index contributed by atoms with van der Waals surface area (Å²) in [6.45, 7) is 5.52. The molecule has 0 aliphatic rings. The molecule has 1 aromatic rings. The van der Waals surface area contributed by atoms with Crippen molar-refractivity contribution in [3.8, 4) is 0 Å². The van der Waals surface area contributed by atoms with Crippen LogP contribution in [0.25, 0.3) is 0 Å². The predicted octanol–water partition coefficient (Wildman–Crippen LogP) is 1.79. The van der Waals surface area contributed by atoms with E-state index in [0.29, 0.717) is 4.90 Å². The van der Waals surface area contributed by atoms with Gasteiger partial charge in [0.1, 0.15) is 0 Å². The van der Waals surface area contributed by atoms with E-state index in [1.807, 2.05) is 19.1 Å². The average molecular weight is 243 g/mol. The molecule has 0 radical (unpaired) electrons. The summed E-state index contributed by atoms with van der Waals surface area (Å²) in [6.07, 6.45) is 0. The molecule has 0 aliphatic heterocycles. The summed E-state index contributed by atoms with van der Waals surface area (Å²) in [5, 5.41) is 0. The number of hydroxylamine groups is 1. The Labute approximate surface area is 96.8 Å². The molecule has 0 unspecified atom stereocenters. The molecule has 0 heterocycles. The van der Waals surface area contributed by atoms with E-state index < -0.39 is 10.0 Å². The molecule has 0 N–H and O–H groups in total. The number of aryl methyl sites for hydroxylation is 3. The number of hydrogen-bond acceptors (Lipinski definition) is 3. The van der Waals surface area contributed by atoms with Gasteiger partial charge in [0, 0.05) is 7.05 Å². The van der Waals surface area contributed by atoms with Gasteiger partial charge in [-0.25, -0.2) is 8.42 Å². The standard InChI is InChI=1S/C11H17NO3S/c1-8-6-9(2)11(10(3)7-8)16(13,14)12(4)15-5/h6-7H,1-5H3. The Morgan fingerprint density at radius 2 is 1.56 bits per heavy atom. The van der Waals surface area contributed by atoms with Crippen molar-refractivity contribution >= 4 is 10.0 Å². The van der Waals surface area contributed by atoms with Crippen LogP contribution < -0.4 is 0 Å². The highest BCUT2D eigenvalue weighted by Gasteiger charge is 2.24. The fourth-order valence-electron chi connectivity index (χ4n) is 1.80. The van der Waals surface area contributed by atoms with Gasteiger partial charge < -0.3 is 0 Å². The molecular formula is C11H17NO3S. The summed E-state index contributed by atoms with van der Waals surface area (Å²) in [7, 11) is -0.843. The van der Waals surface area contributed by atoms with Crippen molar-refractivity contribution in [1.29, 1.82) is 0 Å². The SMILES string of the molecule is CON(C)S(=O)(=O)c1c(C)cc(C)cc1C. The fraction of sp³-hybridized carbons (Fsp3) is 0.455. The molecule has 0 atom stereocenters. The summed E-state index contributed by atoms with van der Waals surface area (Å²) in [6, 6.07) is 3.70. The zero-order chi connectivity index (χ0) is 12.5. The van der Waals surface area contributed by atoms with Crippen molar-refractivity contribution in [2.75, 3.05) is 14.2 Å². The largest absolute Gasteiger partial charge is 0.288 e. The van der Waals surface area contributed by atoms with Gasteiger partial charge in [-0.15, -0.1) is 0 Å².